The van der Waals surface area contributed by atoms with Crippen LogP contribution in [0.15, 0.2) is 80.3 Å². The van der Waals surface area contributed by atoms with E-state index < -0.39 is 43.5 Å². The summed E-state index contributed by atoms with van der Waals surface area (Å²) in [6.07, 6.45) is -0.0258. The Morgan fingerprint density at radius 1 is 0.781 bits per heavy atom. The Balaban J connectivity index is 1.92. The third-order valence-electron chi connectivity index (χ3n) is 5.52. The van der Waals surface area contributed by atoms with E-state index in [1.54, 1.807) is 57.2 Å². The van der Waals surface area contributed by atoms with Gasteiger partial charge in [-0.15, -0.1) is 0 Å². The van der Waals surface area contributed by atoms with E-state index in [1.807, 2.05) is 0 Å². The van der Waals surface area contributed by atoms with Crippen LogP contribution >= 0.6 is 0 Å². The fourth-order valence-electron chi connectivity index (χ4n) is 4.30. The maximum atomic E-state index is 13.7. The minimum Gasteiger partial charge on any atom is -0.444 e. The topological polar surface area (TPSA) is 97.8 Å². The van der Waals surface area contributed by atoms with Gasteiger partial charge in [0.2, 0.25) is 19.7 Å². The lowest BCUT2D eigenvalue weighted by molar-refractivity contribution is 0.0229. The molecule has 2 aromatic rings. The third kappa shape index (κ3) is 3.73. The molecule has 2 aromatic carbocycles. The first-order chi connectivity index (χ1) is 14.9. The lowest BCUT2D eigenvalue weighted by Gasteiger charge is -2.28. The summed E-state index contributed by atoms with van der Waals surface area (Å²) in [6.45, 7) is 5.12. The first-order valence-electron chi connectivity index (χ1n) is 10.3. The molecule has 0 saturated carbocycles. The predicted molar refractivity (Wildman–Crippen MR) is 119 cm³/mol. The van der Waals surface area contributed by atoms with Crippen LogP contribution < -0.4 is 0 Å². The molecule has 0 radical (unpaired) electrons. The van der Waals surface area contributed by atoms with Gasteiger partial charge in [-0.3, -0.25) is 4.90 Å². The van der Waals surface area contributed by atoms with Crippen molar-refractivity contribution < 1.29 is 26.4 Å². The van der Waals surface area contributed by atoms with Crippen molar-refractivity contribution in [2.75, 3.05) is 0 Å². The number of benzene rings is 2. The van der Waals surface area contributed by atoms with Crippen molar-refractivity contribution in [1.82, 2.24) is 4.90 Å². The summed E-state index contributed by atoms with van der Waals surface area (Å²) in [5, 5.41) is 0. The molecule has 2 unspecified atom stereocenters. The van der Waals surface area contributed by atoms with Crippen LogP contribution in [0, 0.1) is 0 Å². The number of carbonyl (C=O) groups excluding carboxylic acids is 1. The molecule has 2 aliphatic heterocycles. The SMILES string of the molecule is CC(C)(C)OC(=O)N1C2CCC1C(S(=O)(=O)c1ccccc1)=C2S(=O)(=O)c1ccccc1. The number of hydrogen-bond donors (Lipinski definition) is 0. The quantitative estimate of drug-likeness (QED) is 0.665. The van der Waals surface area contributed by atoms with Gasteiger partial charge in [0.25, 0.3) is 0 Å². The second-order valence-electron chi connectivity index (χ2n) is 8.86. The van der Waals surface area contributed by atoms with E-state index in [1.165, 1.54) is 29.2 Å². The van der Waals surface area contributed by atoms with Gasteiger partial charge in [-0.1, -0.05) is 36.4 Å². The Hall–Kier alpha value is -2.65. The van der Waals surface area contributed by atoms with Crippen molar-refractivity contribution in [1.29, 1.82) is 0 Å². The maximum Gasteiger partial charge on any atom is 0.411 e. The van der Waals surface area contributed by atoms with Crippen LogP contribution in [0.5, 0.6) is 0 Å². The Labute approximate surface area is 188 Å². The minimum atomic E-state index is -4.17. The lowest BCUT2D eigenvalue weighted by atomic mass is 10.1. The van der Waals surface area contributed by atoms with Crippen LogP contribution in [0.25, 0.3) is 0 Å². The van der Waals surface area contributed by atoms with Crippen LogP contribution in [0.3, 0.4) is 0 Å². The third-order valence-corrected chi connectivity index (χ3v) is 9.58. The first-order valence-corrected chi connectivity index (χ1v) is 13.3. The fraction of sp³-hybridized carbons (Fsp3) is 0.348. The number of hydrogen-bond acceptors (Lipinski definition) is 6. The van der Waals surface area contributed by atoms with Crippen LogP contribution in [-0.4, -0.2) is 45.5 Å². The van der Waals surface area contributed by atoms with Gasteiger partial charge < -0.3 is 4.74 Å². The molecule has 9 heteroatoms. The molecule has 1 saturated heterocycles. The van der Waals surface area contributed by atoms with Crippen LogP contribution in [-0.2, 0) is 24.4 Å². The van der Waals surface area contributed by atoms with Gasteiger partial charge in [0.05, 0.1) is 31.7 Å². The highest BCUT2D eigenvalue weighted by molar-refractivity contribution is 7.99. The van der Waals surface area contributed by atoms with Crippen molar-refractivity contribution >= 4 is 25.8 Å². The highest BCUT2D eigenvalue weighted by Gasteiger charge is 2.57. The minimum absolute atomic E-state index is 0.00699. The summed E-state index contributed by atoms with van der Waals surface area (Å²) >= 11 is 0. The maximum absolute atomic E-state index is 13.7. The normalized spacial score (nSPS) is 21.2. The van der Waals surface area contributed by atoms with Gasteiger partial charge >= 0.3 is 6.09 Å². The van der Waals surface area contributed by atoms with Crippen molar-refractivity contribution in [3.05, 3.63) is 70.5 Å². The van der Waals surface area contributed by atoms with E-state index >= 15 is 0 Å². The molecule has 2 heterocycles. The zero-order chi connectivity index (χ0) is 23.3. The number of carbonyl (C=O) groups is 1. The molecule has 0 spiro atoms. The largest absolute Gasteiger partial charge is 0.444 e. The first kappa shape index (κ1) is 22.5. The van der Waals surface area contributed by atoms with E-state index in [4.69, 9.17) is 4.74 Å². The van der Waals surface area contributed by atoms with Crippen molar-refractivity contribution in [3.8, 4) is 0 Å². The van der Waals surface area contributed by atoms with E-state index in [2.05, 4.69) is 0 Å². The number of nitrogens with zero attached hydrogens (tertiary/aromatic N) is 1. The van der Waals surface area contributed by atoms with Crippen molar-refractivity contribution in [3.63, 3.8) is 0 Å². The number of sulfone groups is 2. The molecule has 4 rings (SSSR count). The summed E-state index contributed by atoms with van der Waals surface area (Å²) in [4.78, 5) is 13.8. The van der Waals surface area contributed by atoms with Gasteiger partial charge in [-0.2, -0.15) is 0 Å². The number of rotatable bonds is 4. The molecule has 7 nitrogen and oxygen atoms in total. The number of fused-ring (bicyclic) bond motifs is 2. The molecule has 1 amide bonds. The zero-order valence-corrected chi connectivity index (χ0v) is 19.7. The van der Waals surface area contributed by atoms with Gasteiger partial charge in [0.1, 0.15) is 5.60 Å². The Bertz CT molecular complexity index is 1190. The van der Waals surface area contributed by atoms with Crippen LogP contribution in [0.4, 0.5) is 4.79 Å². The van der Waals surface area contributed by atoms with E-state index in [0.717, 1.165) is 0 Å². The number of ether oxygens (including phenoxy) is 1. The predicted octanol–water partition coefficient (Wildman–Crippen LogP) is 3.93. The fourth-order valence-corrected chi connectivity index (χ4v) is 8.48. The van der Waals surface area contributed by atoms with Gasteiger partial charge in [0.15, 0.2) is 0 Å². The van der Waals surface area contributed by atoms with Crippen LogP contribution in [0.2, 0.25) is 0 Å². The Morgan fingerprint density at radius 3 is 1.50 bits per heavy atom. The summed E-state index contributed by atoms with van der Waals surface area (Å²) in [7, 11) is -8.34. The van der Waals surface area contributed by atoms with Crippen molar-refractivity contribution in [2.45, 2.75) is 61.1 Å². The molecule has 2 atom stereocenters. The zero-order valence-electron chi connectivity index (χ0n) is 18.1. The molecule has 32 heavy (non-hydrogen) atoms. The lowest BCUT2D eigenvalue weighted by Crippen LogP contribution is -2.42. The second-order valence-corrected chi connectivity index (χ2v) is 12.7. The van der Waals surface area contributed by atoms with E-state index in [9.17, 15) is 21.6 Å². The molecule has 2 aliphatic rings. The molecule has 1 fully saturated rings. The van der Waals surface area contributed by atoms with E-state index in [-0.39, 0.29) is 19.6 Å². The molecule has 0 aliphatic carbocycles. The summed E-state index contributed by atoms with van der Waals surface area (Å²) < 4.78 is 60.2. The average molecular weight is 476 g/mol. The summed E-state index contributed by atoms with van der Waals surface area (Å²) in [5.74, 6) is 0. The molecular formula is C23H25NO6S2. The average Bonchev–Trinajstić information content (AvgIpc) is 3.31. The molecular weight excluding hydrogens is 450 g/mol. The summed E-state index contributed by atoms with van der Waals surface area (Å²) in [5.41, 5.74) is -0.809. The standard InChI is InChI=1S/C23H25NO6S2/c1-23(2,3)30-22(25)24-18-14-15-19(24)21(32(28,29)17-12-8-5-9-13-17)20(18)31(26,27)16-10-6-4-7-11-16/h4-13,18-19H,14-15H2,1-3H3. The smallest absolute Gasteiger partial charge is 0.411 e. The van der Waals surface area contributed by atoms with Gasteiger partial charge in [-0.05, 0) is 57.9 Å². The highest BCUT2D eigenvalue weighted by atomic mass is 32.2. The molecule has 170 valence electrons. The monoisotopic (exact) mass is 475 g/mol. The Morgan fingerprint density at radius 2 is 1.16 bits per heavy atom. The van der Waals surface area contributed by atoms with E-state index in [0.29, 0.717) is 12.8 Å². The molecule has 0 N–H and O–H groups in total. The van der Waals surface area contributed by atoms with Crippen LogP contribution in [0.1, 0.15) is 33.6 Å². The number of amides is 1. The summed E-state index contributed by atoms with van der Waals surface area (Å²) in [6, 6.07) is 13.6. The molecule has 0 aromatic heterocycles. The Kier molecular flexibility index (Phi) is 5.45. The second kappa shape index (κ2) is 7.74. The van der Waals surface area contributed by atoms with Gasteiger partial charge in [0, 0.05) is 0 Å². The van der Waals surface area contributed by atoms with Gasteiger partial charge in [-0.25, -0.2) is 21.6 Å². The van der Waals surface area contributed by atoms with Crippen molar-refractivity contribution in [2.24, 2.45) is 0 Å². The highest BCUT2D eigenvalue weighted by Crippen LogP contribution is 2.49. The molecule has 2 bridgehead atoms.